The minimum Gasteiger partial charge on any atom is -0.322 e. The van der Waals surface area contributed by atoms with Gasteiger partial charge in [0.2, 0.25) is 0 Å². The molecule has 0 radical (unpaired) electrons. The Kier molecular flexibility index (Phi) is 6.16. The molecule has 1 N–H and O–H groups in total. The van der Waals surface area contributed by atoms with Crippen LogP contribution in [0.3, 0.4) is 0 Å². The van der Waals surface area contributed by atoms with E-state index in [0.717, 1.165) is 8.66 Å². The molecule has 0 fully saturated rings. The highest BCUT2D eigenvalue weighted by Crippen LogP contribution is 2.31. The molecule has 1 amide bonds. The Morgan fingerprint density at radius 3 is 2.50 bits per heavy atom. The lowest BCUT2D eigenvalue weighted by Gasteiger charge is -2.25. The number of allylic oxidation sites excluding steroid dienone is 1. The number of aromatic nitrogens is 1. The largest absolute Gasteiger partial charge is 0.322 e. The van der Waals surface area contributed by atoms with Gasteiger partial charge in [-0.15, -0.1) is 11.3 Å². The predicted molar refractivity (Wildman–Crippen MR) is 137 cm³/mol. The van der Waals surface area contributed by atoms with Crippen LogP contribution in [0, 0.1) is 5.82 Å². The molecule has 1 atom stereocenters. The van der Waals surface area contributed by atoms with E-state index in [2.05, 4.69) is 26.2 Å². The van der Waals surface area contributed by atoms with Crippen LogP contribution in [0.25, 0.3) is 6.08 Å². The number of benzene rings is 2. The zero-order valence-electron chi connectivity index (χ0n) is 17.8. The van der Waals surface area contributed by atoms with E-state index >= 15 is 0 Å². The van der Waals surface area contributed by atoms with Gasteiger partial charge in [-0.3, -0.25) is 14.2 Å². The summed E-state index contributed by atoms with van der Waals surface area (Å²) in [5.41, 5.74) is 1.86. The van der Waals surface area contributed by atoms with Crippen molar-refractivity contribution < 1.29 is 9.18 Å². The van der Waals surface area contributed by atoms with Crippen molar-refractivity contribution in [2.45, 2.75) is 13.0 Å². The van der Waals surface area contributed by atoms with E-state index in [1.807, 2.05) is 36.4 Å². The fraction of sp³-hybridized carbons (Fsp3) is 0.0800. The van der Waals surface area contributed by atoms with Crippen molar-refractivity contribution in [1.29, 1.82) is 0 Å². The Labute approximate surface area is 210 Å². The number of nitrogens with zero attached hydrogens (tertiary/aromatic N) is 2. The van der Waals surface area contributed by atoms with Crippen LogP contribution >= 0.6 is 38.6 Å². The van der Waals surface area contributed by atoms with E-state index in [1.54, 1.807) is 31.2 Å². The molecular weight excluding hydrogens is 537 g/mol. The van der Waals surface area contributed by atoms with Crippen LogP contribution in [0.2, 0.25) is 0 Å². The number of thiophene rings is 1. The van der Waals surface area contributed by atoms with E-state index in [4.69, 9.17) is 0 Å². The highest BCUT2D eigenvalue weighted by molar-refractivity contribution is 9.11. The molecule has 0 saturated carbocycles. The molecule has 0 saturated heterocycles. The Bertz CT molecular complexity index is 1600. The lowest BCUT2D eigenvalue weighted by molar-refractivity contribution is -0.113. The van der Waals surface area contributed by atoms with Gasteiger partial charge >= 0.3 is 0 Å². The third-order valence-electron chi connectivity index (χ3n) is 5.35. The molecule has 1 aliphatic rings. The van der Waals surface area contributed by atoms with Crippen LogP contribution in [-0.4, -0.2) is 10.5 Å². The number of nitrogens with one attached hydrogen (secondary N) is 1. The van der Waals surface area contributed by atoms with Crippen molar-refractivity contribution in [3.8, 4) is 0 Å². The van der Waals surface area contributed by atoms with Crippen molar-refractivity contribution in [1.82, 2.24) is 4.57 Å². The van der Waals surface area contributed by atoms with E-state index < -0.39 is 11.9 Å². The second-order valence-corrected chi connectivity index (χ2v) is 11.1. The van der Waals surface area contributed by atoms with E-state index in [-0.39, 0.29) is 11.5 Å². The summed E-state index contributed by atoms with van der Waals surface area (Å²) in [6.45, 7) is 1.75. The predicted octanol–water partition coefficient (Wildman–Crippen LogP) is 4.84. The zero-order chi connectivity index (χ0) is 23.8. The Morgan fingerprint density at radius 2 is 1.82 bits per heavy atom. The lowest BCUT2D eigenvalue weighted by atomic mass is 9.95. The van der Waals surface area contributed by atoms with Gasteiger partial charge in [0.15, 0.2) is 4.80 Å². The number of para-hydroxylation sites is 1. The van der Waals surface area contributed by atoms with E-state index in [0.29, 0.717) is 31.9 Å². The molecular formula is C25H17BrFN3O2S2. The third-order valence-corrected chi connectivity index (χ3v) is 7.90. The van der Waals surface area contributed by atoms with Crippen LogP contribution in [0.4, 0.5) is 10.1 Å². The Balaban J connectivity index is 1.68. The average molecular weight is 554 g/mol. The first kappa shape index (κ1) is 22.6. The second-order valence-electron chi connectivity index (χ2n) is 7.60. The van der Waals surface area contributed by atoms with Gasteiger partial charge in [-0.2, -0.15) is 0 Å². The van der Waals surface area contributed by atoms with Gasteiger partial charge in [0.25, 0.3) is 11.5 Å². The number of rotatable bonds is 4. The number of hydrogen-bond donors (Lipinski definition) is 1. The Hall–Kier alpha value is -3.14. The maximum atomic E-state index is 13.7. The van der Waals surface area contributed by atoms with Gasteiger partial charge in [0.1, 0.15) is 5.82 Å². The van der Waals surface area contributed by atoms with Gasteiger partial charge < -0.3 is 5.32 Å². The minimum absolute atomic E-state index is 0.250. The summed E-state index contributed by atoms with van der Waals surface area (Å²) in [4.78, 5) is 33.0. The first-order valence-electron chi connectivity index (χ1n) is 10.3. The fourth-order valence-electron chi connectivity index (χ4n) is 3.83. The number of fused-ring (bicyclic) bond motifs is 1. The maximum absolute atomic E-state index is 13.7. The van der Waals surface area contributed by atoms with Crippen molar-refractivity contribution >= 4 is 56.3 Å². The number of amides is 1. The van der Waals surface area contributed by atoms with Gasteiger partial charge in [-0.05, 0) is 70.9 Å². The molecule has 1 aliphatic heterocycles. The normalized spacial score (nSPS) is 15.7. The molecule has 0 unspecified atom stereocenters. The zero-order valence-corrected chi connectivity index (χ0v) is 21.0. The summed E-state index contributed by atoms with van der Waals surface area (Å²) in [6.07, 6.45) is 1.82. The summed E-state index contributed by atoms with van der Waals surface area (Å²) in [5, 5.41) is 2.90. The molecule has 4 aromatic rings. The van der Waals surface area contributed by atoms with Crippen LogP contribution in [0.15, 0.2) is 91.6 Å². The molecule has 170 valence electrons. The average Bonchev–Trinajstić information content (AvgIpc) is 3.36. The minimum atomic E-state index is -0.738. The number of thiazole rings is 1. The molecule has 5 rings (SSSR count). The summed E-state index contributed by atoms with van der Waals surface area (Å²) < 4.78 is 16.7. The molecule has 0 aliphatic carbocycles. The molecule has 2 aromatic heterocycles. The SMILES string of the molecule is CC1=C(C(=O)Nc2ccccc2)[C@@H](c2ccc(F)cc2)n2c(s/c(=C/c3ccc(Br)s3)c2=O)=N1. The monoisotopic (exact) mass is 553 g/mol. The van der Waals surface area contributed by atoms with Gasteiger partial charge in [0.05, 0.1) is 25.6 Å². The van der Waals surface area contributed by atoms with Crippen molar-refractivity contribution in [2.75, 3.05) is 5.32 Å². The molecule has 0 spiro atoms. The quantitative estimate of drug-likeness (QED) is 0.393. The van der Waals surface area contributed by atoms with Crippen molar-refractivity contribution in [3.63, 3.8) is 0 Å². The summed E-state index contributed by atoms with van der Waals surface area (Å²) in [7, 11) is 0. The molecule has 9 heteroatoms. The van der Waals surface area contributed by atoms with Crippen molar-refractivity contribution in [2.24, 2.45) is 4.99 Å². The van der Waals surface area contributed by atoms with Gasteiger partial charge in [-0.25, -0.2) is 9.38 Å². The third kappa shape index (κ3) is 4.34. The molecule has 2 aromatic carbocycles. The molecule has 0 bridgehead atoms. The van der Waals surface area contributed by atoms with Crippen LogP contribution in [-0.2, 0) is 4.79 Å². The van der Waals surface area contributed by atoms with Crippen LogP contribution in [0.5, 0.6) is 0 Å². The smallest absolute Gasteiger partial charge is 0.271 e. The number of anilines is 1. The van der Waals surface area contributed by atoms with Crippen molar-refractivity contribution in [3.05, 3.63) is 118 Å². The molecule has 3 heterocycles. The van der Waals surface area contributed by atoms with Crippen LogP contribution < -0.4 is 20.2 Å². The summed E-state index contributed by atoms with van der Waals surface area (Å²) in [5.74, 6) is -0.756. The number of halogens is 2. The number of carbonyl (C=O) groups excluding carboxylic acids is 1. The lowest BCUT2D eigenvalue weighted by Crippen LogP contribution is -2.40. The maximum Gasteiger partial charge on any atom is 0.271 e. The standard InChI is InChI=1S/C25H17BrFN3O2S2/c1-14-21(23(31)29-17-5-3-2-4-6-17)22(15-7-9-16(27)10-8-15)30-24(32)19(34-25(30)28-14)13-18-11-12-20(26)33-18/h2-13,22H,1H3,(H,29,31)/b19-13+/t22-/m1/s1. The van der Waals surface area contributed by atoms with Crippen LogP contribution in [0.1, 0.15) is 23.4 Å². The highest BCUT2D eigenvalue weighted by atomic mass is 79.9. The van der Waals surface area contributed by atoms with Gasteiger partial charge in [0, 0.05) is 10.6 Å². The number of carbonyl (C=O) groups is 1. The fourth-order valence-corrected chi connectivity index (χ4v) is 6.31. The Morgan fingerprint density at radius 1 is 1.09 bits per heavy atom. The number of hydrogen-bond acceptors (Lipinski definition) is 5. The first-order chi connectivity index (χ1) is 16.4. The van der Waals surface area contributed by atoms with E-state index in [9.17, 15) is 14.0 Å². The summed E-state index contributed by atoms with van der Waals surface area (Å²) in [6, 6.07) is 18.1. The molecule has 34 heavy (non-hydrogen) atoms. The first-order valence-corrected chi connectivity index (χ1v) is 12.7. The van der Waals surface area contributed by atoms with E-state index in [1.165, 1.54) is 39.4 Å². The topological polar surface area (TPSA) is 63.5 Å². The molecule has 5 nitrogen and oxygen atoms in total. The van der Waals surface area contributed by atoms with Gasteiger partial charge in [-0.1, -0.05) is 41.7 Å². The second kappa shape index (κ2) is 9.25. The summed E-state index contributed by atoms with van der Waals surface area (Å²) >= 11 is 6.23. The highest BCUT2D eigenvalue weighted by Gasteiger charge is 2.32.